The summed E-state index contributed by atoms with van der Waals surface area (Å²) < 4.78 is 0. The lowest BCUT2D eigenvalue weighted by molar-refractivity contribution is -0.138. The number of unbranched alkanes of at least 4 members (excludes halogenated alkanes) is 5. The second-order valence-electron chi connectivity index (χ2n) is 9.67. The standard InChI is InChI=1S/C14H31NO5.C13H18O2/c1-2-3-4-5-6-7-8-15-9-11(17)13(19)14(20)12(18)10-16;1-9(2)8-11-4-6-12(7-5-11)10(3)13(14)15/h11-20H,2-10H2,1H3;4-7,9-10H,8H2,1-3H3,(H,14,15)/t11-,12+,13+,14+;10-/m00/s1. The maximum Gasteiger partial charge on any atom is 0.310 e. The van der Waals surface area contributed by atoms with Gasteiger partial charge in [0.15, 0.2) is 0 Å². The van der Waals surface area contributed by atoms with E-state index < -0.39 is 42.9 Å². The number of aliphatic hydroxyl groups excluding tert-OH is 5. The maximum atomic E-state index is 10.8. The first-order chi connectivity index (χ1) is 16.5. The first-order valence-electron chi connectivity index (χ1n) is 12.9. The van der Waals surface area contributed by atoms with Gasteiger partial charge in [-0.25, -0.2) is 0 Å². The number of aliphatic hydroxyl groups is 5. The zero-order valence-corrected chi connectivity index (χ0v) is 21.9. The van der Waals surface area contributed by atoms with Crippen molar-refractivity contribution in [3.05, 3.63) is 35.4 Å². The number of aliphatic carboxylic acids is 1. The number of carboxylic acids is 1. The quantitative estimate of drug-likeness (QED) is 0.162. The molecule has 1 aromatic rings. The summed E-state index contributed by atoms with van der Waals surface area (Å²) in [6.07, 6.45) is 2.50. The molecule has 1 aromatic carbocycles. The average Bonchev–Trinajstić information content (AvgIpc) is 2.84. The van der Waals surface area contributed by atoms with E-state index in [1.54, 1.807) is 6.92 Å². The molecule has 0 heterocycles. The van der Waals surface area contributed by atoms with E-state index in [1.165, 1.54) is 31.2 Å². The molecule has 0 saturated heterocycles. The van der Waals surface area contributed by atoms with Gasteiger partial charge in [0.1, 0.15) is 18.3 Å². The normalized spacial score (nSPS) is 15.6. The number of hydrogen-bond acceptors (Lipinski definition) is 7. The van der Waals surface area contributed by atoms with E-state index in [1.807, 2.05) is 24.3 Å². The monoisotopic (exact) mass is 499 g/mol. The van der Waals surface area contributed by atoms with Gasteiger partial charge in [-0.3, -0.25) is 4.79 Å². The van der Waals surface area contributed by atoms with Gasteiger partial charge in [-0.05, 0) is 43.4 Å². The molecule has 0 aliphatic heterocycles. The van der Waals surface area contributed by atoms with Crippen molar-refractivity contribution in [2.45, 2.75) is 103 Å². The van der Waals surface area contributed by atoms with E-state index in [2.05, 4.69) is 26.1 Å². The molecular formula is C27H49NO7. The molecule has 0 bridgehead atoms. The number of carbonyl (C=O) groups is 1. The fourth-order valence-corrected chi connectivity index (χ4v) is 3.52. The Bertz CT molecular complexity index is 653. The van der Waals surface area contributed by atoms with Gasteiger partial charge in [0.2, 0.25) is 0 Å². The van der Waals surface area contributed by atoms with Crippen molar-refractivity contribution >= 4 is 5.97 Å². The molecule has 0 saturated carbocycles. The van der Waals surface area contributed by atoms with Crippen LogP contribution in [0, 0.1) is 5.92 Å². The van der Waals surface area contributed by atoms with Crippen molar-refractivity contribution in [3.63, 3.8) is 0 Å². The number of nitrogens with one attached hydrogen (secondary N) is 1. The molecule has 0 amide bonds. The van der Waals surface area contributed by atoms with Crippen LogP contribution in [0.5, 0.6) is 0 Å². The summed E-state index contributed by atoms with van der Waals surface area (Å²) in [5.74, 6) is -0.558. The second-order valence-corrected chi connectivity index (χ2v) is 9.67. The summed E-state index contributed by atoms with van der Waals surface area (Å²) in [5.41, 5.74) is 2.14. The molecule has 1 rings (SSSR count). The number of carboxylic acid groups (broad SMARTS) is 1. The third-order valence-corrected chi connectivity index (χ3v) is 5.88. The molecule has 0 fully saturated rings. The smallest absolute Gasteiger partial charge is 0.310 e. The van der Waals surface area contributed by atoms with E-state index in [4.69, 9.17) is 15.3 Å². The minimum absolute atomic E-state index is 0.144. The Balaban J connectivity index is 0.000000686. The van der Waals surface area contributed by atoms with Crippen molar-refractivity contribution in [3.8, 4) is 0 Å². The largest absolute Gasteiger partial charge is 0.481 e. The van der Waals surface area contributed by atoms with Crippen molar-refractivity contribution in [2.75, 3.05) is 19.7 Å². The topological polar surface area (TPSA) is 150 Å². The molecule has 0 aliphatic rings. The fourth-order valence-electron chi connectivity index (χ4n) is 3.52. The molecule has 0 aromatic heterocycles. The first kappa shape index (κ1) is 33.4. The lowest BCUT2D eigenvalue weighted by Crippen LogP contribution is -2.49. The van der Waals surface area contributed by atoms with Gasteiger partial charge in [-0.2, -0.15) is 0 Å². The van der Waals surface area contributed by atoms with Gasteiger partial charge in [0.05, 0.1) is 18.6 Å². The van der Waals surface area contributed by atoms with E-state index in [0.29, 0.717) is 5.92 Å². The molecule has 8 heteroatoms. The first-order valence-corrected chi connectivity index (χ1v) is 12.9. The highest BCUT2D eigenvalue weighted by molar-refractivity contribution is 5.75. The van der Waals surface area contributed by atoms with Gasteiger partial charge < -0.3 is 36.0 Å². The minimum Gasteiger partial charge on any atom is -0.481 e. The fraction of sp³-hybridized carbons (Fsp3) is 0.741. The Labute approximate surface area is 211 Å². The van der Waals surface area contributed by atoms with Crippen LogP contribution < -0.4 is 5.32 Å². The lowest BCUT2D eigenvalue weighted by Gasteiger charge is -2.25. The number of benzene rings is 1. The van der Waals surface area contributed by atoms with Crippen LogP contribution in [0.2, 0.25) is 0 Å². The van der Waals surface area contributed by atoms with Crippen molar-refractivity contribution in [1.82, 2.24) is 5.32 Å². The molecule has 0 unspecified atom stereocenters. The van der Waals surface area contributed by atoms with Crippen molar-refractivity contribution in [2.24, 2.45) is 5.92 Å². The summed E-state index contributed by atoms with van der Waals surface area (Å²) in [6, 6.07) is 7.87. The van der Waals surface area contributed by atoms with Gasteiger partial charge in [-0.15, -0.1) is 0 Å². The van der Waals surface area contributed by atoms with E-state index in [9.17, 15) is 20.1 Å². The van der Waals surface area contributed by atoms with Gasteiger partial charge in [0.25, 0.3) is 0 Å². The highest BCUT2D eigenvalue weighted by atomic mass is 16.4. The lowest BCUT2D eigenvalue weighted by atomic mass is 9.97. The predicted molar refractivity (Wildman–Crippen MR) is 138 cm³/mol. The van der Waals surface area contributed by atoms with E-state index in [0.717, 1.165) is 31.4 Å². The van der Waals surface area contributed by atoms with Crippen molar-refractivity contribution in [1.29, 1.82) is 0 Å². The van der Waals surface area contributed by atoms with Gasteiger partial charge in [-0.1, -0.05) is 77.1 Å². The summed E-state index contributed by atoms with van der Waals surface area (Å²) in [4.78, 5) is 10.8. The Morgan fingerprint density at radius 3 is 1.91 bits per heavy atom. The Hall–Kier alpha value is -1.55. The van der Waals surface area contributed by atoms with Crippen LogP contribution >= 0.6 is 0 Å². The zero-order valence-electron chi connectivity index (χ0n) is 21.9. The zero-order chi connectivity index (χ0) is 26.8. The Kier molecular flexibility index (Phi) is 18.7. The average molecular weight is 500 g/mol. The van der Waals surface area contributed by atoms with E-state index in [-0.39, 0.29) is 6.54 Å². The van der Waals surface area contributed by atoms with E-state index >= 15 is 0 Å². The highest BCUT2D eigenvalue weighted by Crippen LogP contribution is 2.17. The molecule has 5 atom stereocenters. The number of hydrogen-bond donors (Lipinski definition) is 7. The summed E-state index contributed by atoms with van der Waals surface area (Å²) >= 11 is 0. The highest BCUT2D eigenvalue weighted by Gasteiger charge is 2.29. The maximum absolute atomic E-state index is 10.8. The van der Waals surface area contributed by atoms with Crippen LogP contribution in [-0.2, 0) is 11.2 Å². The summed E-state index contributed by atoms with van der Waals surface area (Å²) in [7, 11) is 0. The molecule has 0 aliphatic carbocycles. The molecular weight excluding hydrogens is 450 g/mol. The molecule has 0 radical (unpaired) electrons. The van der Waals surface area contributed by atoms with Crippen LogP contribution in [0.15, 0.2) is 24.3 Å². The van der Waals surface area contributed by atoms with Crippen LogP contribution in [0.4, 0.5) is 0 Å². The van der Waals surface area contributed by atoms with Crippen LogP contribution in [0.1, 0.15) is 83.3 Å². The van der Waals surface area contributed by atoms with Crippen LogP contribution in [0.3, 0.4) is 0 Å². The second kappa shape index (κ2) is 19.6. The molecule has 35 heavy (non-hydrogen) atoms. The van der Waals surface area contributed by atoms with Crippen LogP contribution in [0.25, 0.3) is 0 Å². The third-order valence-electron chi connectivity index (χ3n) is 5.88. The minimum atomic E-state index is -1.55. The molecule has 7 N–H and O–H groups in total. The Morgan fingerprint density at radius 1 is 0.857 bits per heavy atom. The SMILES string of the molecule is CC(C)Cc1ccc([C@H](C)C(=O)O)cc1.CCCCCCCCNC[C@H](O)[C@@H](O)[C@H](O)[C@H](O)CO. The molecule has 0 spiro atoms. The predicted octanol–water partition coefficient (Wildman–Crippen LogP) is 2.45. The summed E-state index contributed by atoms with van der Waals surface area (Å²) in [6.45, 7) is 8.47. The molecule has 8 nitrogen and oxygen atoms in total. The third kappa shape index (κ3) is 15.2. The van der Waals surface area contributed by atoms with Crippen LogP contribution in [-0.4, -0.2) is 80.7 Å². The Morgan fingerprint density at radius 2 is 1.40 bits per heavy atom. The number of rotatable bonds is 17. The van der Waals surface area contributed by atoms with Gasteiger partial charge >= 0.3 is 5.97 Å². The van der Waals surface area contributed by atoms with Crippen molar-refractivity contribution < 1.29 is 35.4 Å². The molecule has 204 valence electrons. The summed E-state index contributed by atoms with van der Waals surface area (Å²) in [5, 5.41) is 58.3. The van der Waals surface area contributed by atoms with Gasteiger partial charge in [0, 0.05) is 6.54 Å².